The molecule has 4 aliphatic heterocycles. The molecule has 168 valence electrons. The Morgan fingerprint density at radius 1 is 1.00 bits per heavy atom. The van der Waals surface area contributed by atoms with Crippen LogP contribution < -0.4 is 5.32 Å². The number of ether oxygens (including phenoxy) is 3. The lowest BCUT2D eigenvalue weighted by Crippen LogP contribution is -2.68. The molecule has 4 fully saturated rings. The second-order valence-corrected chi connectivity index (χ2v) is 8.30. The number of hydrogen-bond acceptors (Lipinski definition) is 9. The van der Waals surface area contributed by atoms with Gasteiger partial charge in [0.25, 0.3) is 0 Å². The number of carbonyl (C=O) groups is 1. The van der Waals surface area contributed by atoms with Crippen molar-refractivity contribution in [2.24, 2.45) is 11.8 Å². The van der Waals surface area contributed by atoms with Crippen LogP contribution in [-0.4, -0.2) is 106 Å². The number of aliphatic hydroxyl groups is 5. The Bertz CT molecular complexity index is 564. The van der Waals surface area contributed by atoms with Crippen molar-refractivity contribution >= 4 is 5.91 Å². The summed E-state index contributed by atoms with van der Waals surface area (Å²) in [6, 6.07) is -0.900. The molecular weight excluding hydrogens is 386 g/mol. The molecule has 6 N–H and O–H groups in total. The largest absolute Gasteiger partial charge is 0.394 e. The van der Waals surface area contributed by atoms with Crippen molar-refractivity contribution < 1.29 is 44.5 Å². The Morgan fingerprint density at radius 2 is 1.69 bits per heavy atom. The lowest BCUT2D eigenvalue weighted by molar-refractivity contribution is -0.245. The van der Waals surface area contributed by atoms with Crippen molar-refractivity contribution in [2.45, 2.75) is 81.6 Å². The zero-order chi connectivity index (χ0) is 21.3. The first-order valence-corrected chi connectivity index (χ1v) is 10.3. The van der Waals surface area contributed by atoms with Crippen LogP contribution in [0.1, 0.15) is 26.7 Å². The monoisotopic (exact) mass is 419 g/mol. The predicted molar refractivity (Wildman–Crippen MR) is 98.7 cm³/mol. The molecule has 4 bridgehead atoms. The summed E-state index contributed by atoms with van der Waals surface area (Å²) in [5.74, 6) is -1.76. The quantitative estimate of drug-likeness (QED) is 0.291. The highest BCUT2D eigenvalue weighted by Gasteiger charge is 2.55. The maximum atomic E-state index is 11.8. The van der Waals surface area contributed by atoms with Crippen molar-refractivity contribution in [3.05, 3.63) is 0 Å². The molecule has 1 unspecified atom stereocenters. The van der Waals surface area contributed by atoms with Crippen molar-refractivity contribution in [2.75, 3.05) is 19.8 Å². The number of aliphatic hydroxyl groups excluding tert-OH is 5. The predicted octanol–water partition coefficient (Wildman–Crippen LogP) is -2.48. The third kappa shape index (κ3) is 4.45. The van der Waals surface area contributed by atoms with Gasteiger partial charge in [-0.05, 0) is 19.8 Å². The van der Waals surface area contributed by atoms with Crippen LogP contribution >= 0.6 is 0 Å². The fourth-order valence-corrected chi connectivity index (χ4v) is 5.03. The van der Waals surface area contributed by atoms with Gasteiger partial charge in [-0.15, -0.1) is 0 Å². The van der Waals surface area contributed by atoms with Crippen LogP contribution in [0, 0.1) is 11.8 Å². The second-order valence-electron chi connectivity index (χ2n) is 8.30. The Morgan fingerprint density at radius 3 is 2.31 bits per heavy atom. The third-order valence-corrected chi connectivity index (χ3v) is 6.46. The standard InChI is InChI=1S/C19H33NO9/c1-8-10-4-3-5-27-18-12(7-22)29-19(17(26)14(18)20-9(2)23)13(11(6-21)28-8)16(25)15(10)24/h8,10-19,21-22,24-26H,3-7H2,1-2H3,(H,20,23)/t8-,10-,11+,12+,13+,14-,15-,16-,17-,18+,19?/m0/s1. The van der Waals surface area contributed by atoms with Gasteiger partial charge in [0.1, 0.15) is 18.3 Å². The van der Waals surface area contributed by atoms with E-state index in [1.807, 2.05) is 0 Å². The summed E-state index contributed by atoms with van der Waals surface area (Å²) < 4.78 is 17.8. The summed E-state index contributed by atoms with van der Waals surface area (Å²) in [6.45, 7) is 2.45. The van der Waals surface area contributed by atoms with Gasteiger partial charge < -0.3 is 45.1 Å². The van der Waals surface area contributed by atoms with Crippen LogP contribution in [0.2, 0.25) is 0 Å². The molecule has 10 heteroatoms. The SMILES string of the molecule is CC(=O)N[C@@H]1[C@@H]2OCCC[C@@H]3[C@H](O)[C@@H](O)[C@H](C(O[C@@H]2CO)[C@H]1O)[C@@H](CO)O[C@H]3C. The van der Waals surface area contributed by atoms with Crippen molar-refractivity contribution in [3.8, 4) is 0 Å². The molecule has 0 aromatic carbocycles. The average Bonchev–Trinajstić information content (AvgIpc) is 2.75. The Hall–Kier alpha value is -0.850. The molecule has 0 spiro atoms. The summed E-state index contributed by atoms with van der Waals surface area (Å²) in [5.41, 5.74) is 0. The van der Waals surface area contributed by atoms with Gasteiger partial charge in [-0.3, -0.25) is 4.79 Å². The first-order chi connectivity index (χ1) is 13.8. The van der Waals surface area contributed by atoms with Crippen molar-refractivity contribution in [1.82, 2.24) is 5.32 Å². The summed E-state index contributed by atoms with van der Waals surface area (Å²) in [6.07, 6.45) is -6.91. The van der Waals surface area contributed by atoms with Crippen molar-refractivity contribution in [1.29, 1.82) is 0 Å². The first-order valence-electron chi connectivity index (χ1n) is 10.3. The van der Waals surface area contributed by atoms with Crippen LogP contribution in [0.15, 0.2) is 0 Å². The molecule has 10 nitrogen and oxygen atoms in total. The number of rotatable bonds is 3. The molecule has 0 radical (unpaired) electrons. The number of amides is 1. The van der Waals surface area contributed by atoms with E-state index >= 15 is 0 Å². The fourth-order valence-electron chi connectivity index (χ4n) is 5.03. The summed E-state index contributed by atoms with van der Waals surface area (Å²) in [5, 5.41) is 55.4. The molecule has 4 rings (SSSR count). The van der Waals surface area contributed by atoms with Crippen molar-refractivity contribution in [3.63, 3.8) is 0 Å². The number of hydrogen-bond donors (Lipinski definition) is 6. The van der Waals surface area contributed by atoms with Crippen LogP contribution in [-0.2, 0) is 19.0 Å². The Labute approximate surface area is 169 Å². The molecule has 0 saturated carbocycles. The highest BCUT2D eigenvalue weighted by Crippen LogP contribution is 2.39. The average molecular weight is 419 g/mol. The number of nitrogens with one attached hydrogen (secondary N) is 1. The molecular formula is C19H33NO9. The van der Waals surface area contributed by atoms with E-state index in [0.29, 0.717) is 12.8 Å². The van der Waals surface area contributed by atoms with Crippen LogP contribution in [0.3, 0.4) is 0 Å². The number of fused-ring (bicyclic) bond motifs is 5. The van der Waals surface area contributed by atoms with Crippen LogP contribution in [0.25, 0.3) is 0 Å². The molecule has 4 heterocycles. The van der Waals surface area contributed by atoms with Gasteiger partial charge in [-0.1, -0.05) is 0 Å². The number of carbonyl (C=O) groups excluding carboxylic acids is 1. The van der Waals surface area contributed by atoms with Crippen LogP contribution in [0.5, 0.6) is 0 Å². The van der Waals surface area contributed by atoms with E-state index in [2.05, 4.69) is 5.32 Å². The normalized spacial score (nSPS) is 48.4. The zero-order valence-electron chi connectivity index (χ0n) is 16.8. The molecule has 4 aliphatic rings. The maximum Gasteiger partial charge on any atom is 0.217 e. The second kappa shape index (κ2) is 9.52. The molecule has 29 heavy (non-hydrogen) atoms. The van der Waals surface area contributed by atoms with E-state index in [-0.39, 0.29) is 12.5 Å². The molecule has 0 aliphatic carbocycles. The van der Waals surface area contributed by atoms with Gasteiger partial charge in [-0.2, -0.15) is 0 Å². The van der Waals surface area contributed by atoms with Gasteiger partial charge in [0, 0.05) is 25.4 Å². The first kappa shape index (κ1) is 22.8. The van der Waals surface area contributed by atoms with E-state index in [1.165, 1.54) is 6.92 Å². The maximum absolute atomic E-state index is 11.8. The van der Waals surface area contributed by atoms with E-state index in [0.717, 1.165) is 0 Å². The summed E-state index contributed by atoms with van der Waals surface area (Å²) >= 11 is 0. The molecule has 11 atom stereocenters. The molecule has 1 amide bonds. The molecule has 0 aromatic rings. The lowest BCUT2D eigenvalue weighted by atomic mass is 9.77. The smallest absolute Gasteiger partial charge is 0.217 e. The minimum absolute atomic E-state index is 0.247. The van der Waals surface area contributed by atoms with Gasteiger partial charge in [-0.25, -0.2) is 0 Å². The minimum atomic E-state index is -1.34. The summed E-state index contributed by atoms with van der Waals surface area (Å²) in [4.78, 5) is 11.8. The molecule has 4 saturated heterocycles. The summed E-state index contributed by atoms with van der Waals surface area (Å²) in [7, 11) is 0. The minimum Gasteiger partial charge on any atom is -0.394 e. The van der Waals surface area contributed by atoms with Gasteiger partial charge in [0.2, 0.25) is 5.91 Å². The lowest BCUT2D eigenvalue weighted by Gasteiger charge is -2.48. The third-order valence-electron chi connectivity index (χ3n) is 6.46. The fraction of sp³-hybridized carbons (Fsp3) is 0.947. The topological polar surface area (TPSA) is 158 Å². The Balaban J connectivity index is 2.06. The Kier molecular flexibility index (Phi) is 7.50. The van der Waals surface area contributed by atoms with Crippen LogP contribution in [0.4, 0.5) is 0 Å². The van der Waals surface area contributed by atoms with Gasteiger partial charge in [0.15, 0.2) is 0 Å². The molecule has 0 aromatic heterocycles. The highest BCUT2D eigenvalue weighted by atomic mass is 16.6. The van der Waals surface area contributed by atoms with E-state index < -0.39 is 79.9 Å². The highest BCUT2D eigenvalue weighted by molar-refractivity contribution is 5.73. The van der Waals surface area contributed by atoms with E-state index in [1.54, 1.807) is 6.92 Å². The van der Waals surface area contributed by atoms with E-state index in [9.17, 15) is 30.3 Å². The van der Waals surface area contributed by atoms with Gasteiger partial charge >= 0.3 is 0 Å². The van der Waals surface area contributed by atoms with Gasteiger partial charge in [0.05, 0.1) is 49.8 Å². The zero-order valence-corrected chi connectivity index (χ0v) is 16.8. The van der Waals surface area contributed by atoms with E-state index in [4.69, 9.17) is 14.2 Å².